The van der Waals surface area contributed by atoms with E-state index in [4.69, 9.17) is 4.74 Å². The summed E-state index contributed by atoms with van der Waals surface area (Å²) in [6.45, 7) is 11.3. The number of hydrogen-bond donors (Lipinski definition) is 0. The summed E-state index contributed by atoms with van der Waals surface area (Å²) in [4.78, 5) is 5.15. The fourth-order valence-electron chi connectivity index (χ4n) is 2.70. The molecule has 0 amide bonds. The Labute approximate surface area is 99.7 Å². The Kier molecular flexibility index (Phi) is 3.57. The quantitative estimate of drug-likeness (QED) is 0.711. The van der Waals surface area contributed by atoms with Crippen LogP contribution < -0.4 is 0 Å². The summed E-state index contributed by atoms with van der Waals surface area (Å²) < 4.78 is 5.27. The number of rotatable bonds is 2. The third-order valence-corrected chi connectivity index (χ3v) is 4.19. The van der Waals surface area contributed by atoms with Crippen molar-refractivity contribution in [2.45, 2.75) is 51.2 Å². The van der Waals surface area contributed by atoms with E-state index in [0.29, 0.717) is 11.6 Å². The van der Waals surface area contributed by atoms with Crippen molar-refractivity contribution in [2.24, 2.45) is 0 Å². The van der Waals surface area contributed by atoms with E-state index >= 15 is 0 Å². The molecule has 0 aliphatic carbocycles. The minimum absolute atomic E-state index is 0.336. The smallest absolute Gasteiger partial charge is 0.0645 e. The Morgan fingerprint density at radius 1 is 1.06 bits per heavy atom. The molecule has 0 bridgehead atoms. The van der Waals surface area contributed by atoms with E-state index in [1.165, 1.54) is 25.9 Å². The number of piperidine rings is 1. The van der Waals surface area contributed by atoms with Gasteiger partial charge in [-0.05, 0) is 40.7 Å². The minimum Gasteiger partial charge on any atom is -0.378 e. The first kappa shape index (κ1) is 12.3. The maximum Gasteiger partial charge on any atom is 0.0645 e. The first-order chi connectivity index (χ1) is 7.48. The Hall–Kier alpha value is -0.120. The Balaban J connectivity index is 1.80. The molecule has 2 rings (SSSR count). The molecular weight excluding hydrogens is 200 g/mol. The standard InChI is InChI=1S/C13H26N2O/c1-13(2,3)15-7-5-11(6-8-15)14(4)12-9-16-10-12/h11-12H,5-10H2,1-4H3. The molecule has 2 aliphatic heterocycles. The largest absolute Gasteiger partial charge is 0.378 e. The van der Waals surface area contributed by atoms with Crippen molar-refractivity contribution in [3.8, 4) is 0 Å². The van der Waals surface area contributed by atoms with Gasteiger partial charge in [-0.15, -0.1) is 0 Å². The normalized spacial score (nSPS) is 26.1. The number of likely N-dealkylation sites (N-methyl/N-ethyl adjacent to an activating group) is 1. The summed E-state index contributed by atoms with van der Waals surface area (Å²) in [7, 11) is 2.27. The summed E-state index contributed by atoms with van der Waals surface area (Å²) in [6.07, 6.45) is 2.62. The molecule has 0 aromatic carbocycles. The lowest BCUT2D eigenvalue weighted by Gasteiger charge is -2.46. The highest BCUT2D eigenvalue weighted by atomic mass is 16.5. The van der Waals surface area contributed by atoms with Crippen molar-refractivity contribution in [2.75, 3.05) is 33.4 Å². The van der Waals surface area contributed by atoms with Crippen LogP contribution in [-0.4, -0.2) is 60.8 Å². The van der Waals surface area contributed by atoms with E-state index in [9.17, 15) is 0 Å². The van der Waals surface area contributed by atoms with Crippen molar-refractivity contribution < 1.29 is 4.74 Å². The first-order valence-corrected chi connectivity index (χ1v) is 6.53. The minimum atomic E-state index is 0.336. The van der Waals surface area contributed by atoms with Crippen LogP contribution in [0.2, 0.25) is 0 Å². The highest BCUT2D eigenvalue weighted by molar-refractivity contribution is 4.88. The van der Waals surface area contributed by atoms with Crippen molar-refractivity contribution in [1.82, 2.24) is 9.80 Å². The lowest BCUT2D eigenvalue weighted by molar-refractivity contribution is -0.0788. The Bertz CT molecular complexity index is 225. The second kappa shape index (κ2) is 4.63. The zero-order valence-corrected chi connectivity index (χ0v) is 11.2. The molecule has 0 aromatic heterocycles. The van der Waals surface area contributed by atoms with Crippen LogP contribution in [0.3, 0.4) is 0 Å². The molecule has 0 spiro atoms. The molecule has 0 radical (unpaired) electrons. The molecule has 3 nitrogen and oxygen atoms in total. The fourth-order valence-corrected chi connectivity index (χ4v) is 2.70. The highest BCUT2D eigenvalue weighted by Crippen LogP contribution is 2.24. The second-order valence-corrected chi connectivity index (χ2v) is 6.25. The zero-order valence-electron chi connectivity index (χ0n) is 11.2. The van der Waals surface area contributed by atoms with Crippen molar-refractivity contribution >= 4 is 0 Å². The van der Waals surface area contributed by atoms with Gasteiger partial charge < -0.3 is 4.74 Å². The third kappa shape index (κ3) is 2.58. The van der Waals surface area contributed by atoms with Gasteiger partial charge in [0.1, 0.15) is 0 Å². The lowest BCUT2D eigenvalue weighted by Crippen LogP contribution is -2.56. The van der Waals surface area contributed by atoms with E-state index < -0.39 is 0 Å². The zero-order chi connectivity index (χ0) is 11.8. The third-order valence-electron chi connectivity index (χ3n) is 4.19. The van der Waals surface area contributed by atoms with Crippen LogP contribution >= 0.6 is 0 Å². The van der Waals surface area contributed by atoms with Crippen LogP contribution in [0.25, 0.3) is 0 Å². The summed E-state index contributed by atoms with van der Waals surface area (Å²) in [5.41, 5.74) is 0.336. The van der Waals surface area contributed by atoms with Crippen LogP contribution in [0.1, 0.15) is 33.6 Å². The van der Waals surface area contributed by atoms with Gasteiger partial charge in [0.25, 0.3) is 0 Å². The summed E-state index contributed by atoms with van der Waals surface area (Å²) in [6, 6.07) is 1.46. The van der Waals surface area contributed by atoms with E-state index in [-0.39, 0.29) is 0 Å². The summed E-state index contributed by atoms with van der Waals surface area (Å²) in [5, 5.41) is 0. The summed E-state index contributed by atoms with van der Waals surface area (Å²) in [5.74, 6) is 0. The molecule has 0 aromatic rings. The van der Waals surface area contributed by atoms with Crippen LogP contribution in [0.15, 0.2) is 0 Å². The monoisotopic (exact) mass is 226 g/mol. The Morgan fingerprint density at radius 3 is 2.00 bits per heavy atom. The van der Waals surface area contributed by atoms with Crippen molar-refractivity contribution in [3.05, 3.63) is 0 Å². The molecule has 2 fully saturated rings. The van der Waals surface area contributed by atoms with Crippen LogP contribution in [0.4, 0.5) is 0 Å². The molecule has 3 heteroatoms. The topological polar surface area (TPSA) is 15.7 Å². The van der Waals surface area contributed by atoms with Crippen molar-refractivity contribution in [3.63, 3.8) is 0 Å². The molecule has 0 atom stereocenters. The fraction of sp³-hybridized carbons (Fsp3) is 1.00. The van der Waals surface area contributed by atoms with Gasteiger partial charge in [-0.1, -0.05) is 0 Å². The van der Waals surface area contributed by atoms with Gasteiger partial charge in [-0.2, -0.15) is 0 Å². The van der Waals surface area contributed by atoms with E-state index in [0.717, 1.165) is 19.3 Å². The number of hydrogen-bond acceptors (Lipinski definition) is 3. The van der Waals surface area contributed by atoms with Gasteiger partial charge in [-0.25, -0.2) is 0 Å². The van der Waals surface area contributed by atoms with Crippen molar-refractivity contribution in [1.29, 1.82) is 0 Å². The van der Waals surface area contributed by atoms with Gasteiger partial charge >= 0.3 is 0 Å². The molecule has 2 saturated heterocycles. The molecule has 94 valence electrons. The van der Waals surface area contributed by atoms with Crippen LogP contribution in [-0.2, 0) is 4.74 Å². The van der Waals surface area contributed by atoms with Gasteiger partial charge in [0.2, 0.25) is 0 Å². The molecule has 0 N–H and O–H groups in total. The number of likely N-dealkylation sites (tertiary alicyclic amines) is 1. The average molecular weight is 226 g/mol. The highest BCUT2D eigenvalue weighted by Gasteiger charge is 2.33. The van der Waals surface area contributed by atoms with E-state index in [1.807, 2.05) is 0 Å². The van der Waals surface area contributed by atoms with Crippen LogP contribution in [0, 0.1) is 0 Å². The first-order valence-electron chi connectivity index (χ1n) is 6.53. The molecule has 16 heavy (non-hydrogen) atoms. The molecule has 0 saturated carbocycles. The maximum atomic E-state index is 5.27. The van der Waals surface area contributed by atoms with Gasteiger partial charge in [0.05, 0.1) is 19.3 Å². The van der Waals surface area contributed by atoms with Gasteiger partial charge in [-0.3, -0.25) is 9.80 Å². The summed E-state index contributed by atoms with van der Waals surface area (Å²) >= 11 is 0. The number of ether oxygens (including phenoxy) is 1. The predicted octanol–water partition coefficient (Wildman–Crippen LogP) is 1.58. The molecule has 2 aliphatic rings. The van der Waals surface area contributed by atoms with E-state index in [1.54, 1.807) is 0 Å². The Morgan fingerprint density at radius 2 is 1.62 bits per heavy atom. The molecule has 2 heterocycles. The molecule has 0 unspecified atom stereocenters. The molecular formula is C13H26N2O. The second-order valence-electron chi connectivity index (χ2n) is 6.25. The maximum absolute atomic E-state index is 5.27. The van der Waals surface area contributed by atoms with E-state index in [2.05, 4.69) is 37.6 Å². The van der Waals surface area contributed by atoms with Gasteiger partial charge in [0, 0.05) is 24.7 Å². The SMILES string of the molecule is CN(C1CCN(C(C)(C)C)CC1)C1COC1. The predicted molar refractivity (Wildman–Crippen MR) is 66.7 cm³/mol. The average Bonchev–Trinajstić information content (AvgIpc) is 2.14. The van der Waals surface area contributed by atoms with Gasteiger partial charge in [0.15, 0.2) is 0 Å². The number of nitrogens with zero attached hydrogens (tertiary/aromatic N) is 2. The lowest BCUT2D eigenvalue weighted by atomic mass is 9.96. The van der Waals surface area contributed by atoms with Crippen LogP contribution in [0.5, 0.6) is 0 Å².